The first kappa shape index (κ1) is 22.4. The van der Waals surface area contributed by atoms with Gasteiger partial charge in [0.1, 0.15) is 6.10 Å². The molecule has 1 N–H and O–H groups in total. The highest BCUT2D eigenvalue weighted by atomic mass is 16.5. The van der Waals surface area contributed by atoms with E-state index in [1.807, 2.05) is 19.2 Å². The van der Waals surface area contributed by atoms with Crippen molar-refractivity contribution in [2.45, 2.75) is 69.1 Å². The molecular formula is C29H33N2O5-. The minimum Gasteiger partial charge on any atom is -0.785 e. The highest BCUT2D eigenvalue weighted by Crippen LogP contribution is 2.71. The number of furan rings is 1. The molecule has 4 unspecified atom stereocenters. The van der Waals surface area contributed by atoms with Crippen molar-refractivity contribution in [2.75, 3.05) is 13.6 Å². The van der Waals surface area contributed by atoms with Crippen LogP contribution in [0.25, 0.3) is 6.08 Å². The molecule has 5 aliphatic rings. The molecule has 190 valence electrons. The lowest BCUT2D eigenvalue weighted by molar-refractivity contribution is -0.131. The Hall–Kier alpha value is -2.77. The largest absolute Gasteiger partial charge is 0.785 e. The fraction of sp³-hybridized carbons (Fsp3) is 0.552. The van der Waals surface area contributed by atoms with E-state index in [-0.39, 0.29) is 46.6 Å². The zero-order valence-corrected chi connectivity index (χ0v) is 20.9. The average Bonchev–Trinajstić information content (AvgIpc) is 3.28. The Balaban J connectivity index is 1.28. The van der Waals surface area contributed by atoms with Gasteiger partial charge < -0.3 is 29.4 Å². The van der Waals surface area contributed by atoms with E-state index in [1.165, 1.54) is 10.6 Å². The highest BCUT2D eigenvalue weighted by molar-refractivity contribution is 5.91. The Bertz CT molecular complexity index is 1240. The quantitative estimate of drug-likeness (QED) is 0.475. The second-order valence-corrected chi connectivity index (χ2v) is 12.1. The molecule has 7 heteroatoms. The first-order valence-corrected chi connectivity index (χ1v) is 13.2. The van der Waals surface area contributed by atoms with Gasteiger partial charge in [-0.15, -0.1) is 0 Å². The van der Waals surface area contributed by atoms with E-state index in [2.05, 4.69) is 6.92 Å². The number of benzene rings is 1. The Morgan fingerprint density at radius 2 is 2.08 bits per heavy atom. The molecule has 0 radical (unpaired) electrons. The van der Waals surface area contributed by atoms with Crippen LogP contribution in [0.1, 0.15) is 55.7 Å². The number of phenolic OH excluding ortho intramolecular Hbond substituents is 1. The first-order valence-electron chi connectivity index (χ1n) is 13.2. The highest BCUT2D eigenvalue weighted by Gasteiger charge is 2.72. The maximum Gasteiger partial charge on any atom is 0.246 e. The number of nitrogens with zero attached hydrogens (tertiary/aromatic N) is 2. The fourth-order valence-electron chi connectivity index (χ4n) is 8.39. The van der Waals surface area contributed by atoms with Crippen LogP contribution < -0.4 is 4.74 Å². The summed E-state index contributed by atoms with van der Waals surface area (Å²) in [6, 6.07) is 5.35. The Morgan fingerprint density at radius 1 is 1.25 bits per heavy atom. The van der Waals surface area contributed by atoms with Gasteiger partial charge in [-0.2, -0.15) is 0 Å². The number of aromatic hydroxyl groups is 1. The van der Waals surface area contributed by atoms with Gasteiger partial charge in [0.2, 0.25) is 5.91 Å². The van der Waals surface area contributed by atoms with Crippen LogP contribution in [0.5, 0.6) is 11.5 Å². The predicted octanol–water partition coefficient (Wildman–Crippen LogP) is 4.48. The molecule has 36 heavy (non-hydrogen) atoms. The van der Waals surface area contributed by atoms with E-state index in [0.29, 0.717) is 18.2 Å². The number of carbonyl (C=O) groups excluding carboxylic acids is 1. The van der Waals surface area contributed by atoms with E-state index < -0.39 is 0 Å². The van der Waals surface area contributed by atoms with Gasteiger partial charge in [0.15, 0.2) is 11.5 Å². The number of hydrogen-bond acceptors (Lipinski definition) is 6. The molecule has 4 aliphatic carbocycles. The van der Waals surface area contributed by atoms with Crippen molar-refractivity contribution in [3.63, 3.8) is 0 Å². The third-order valence-corrected chi connectivity index (χ3v) is 9.86. The lowest BCUT2D eigenvalue weighted by Gasteiger charge is -2.50. The van der Waals surface area contributed by atoms with Crippen molar-refractivity contribution in [3.05, 3.63) is 58.7 Å². The summed E-state index contributed by atoms with van der Waals surface area (Å²) >= 11 is 0. The van der Waals surface area contributed by atoms with Gasteiger partial charge in [-0.3, -0.25) is 4.79 Å². The molecule has 7 rings (SSSR count). The first-order chi connectivity index (χ1) is 17.3. The van der Waals surface area contributed by atoms with Gasteiger partial charge in [-0.05, 0) is 86.1 Å². The molecular weight excluding hydrogens is 456 g/mol. The van der Waals surface area contributed by atoms with Crippen LogP contribution in [0.15, 0.2) is 41.2 Å². The number of ether oxygens (including phenoxy) is 1. The van der Waals surface area contributed by atoms with Crippen LogP contribution >= 0.6 is 0 Å². The molecule has 1 spiro atoms. The molecule has 3 saturated carbocycles. The topological polar surface area (TPSA) is 89.2 Å². The number of carbonyl (C=O) groups is 1. The molecule has 7 nitrogen and oxygen atoms in total. The third kappa shape index (κ3) is 3.02. The molecule has 2 aromatic rings. The number of hydroxylamine groups is 2. The molecule has 1 amide bonds. The van der Waals surface area contributed by atoms with Gasteiger partial charge in [-0.1, -0.05) is 13.0 Å². The van der Waals surface area contributed by atoms with E-state index >= 15 is 0 Å². The minimum absolute atomic E-state index is 0.0763. The average molecular weight is 490 g/mol. The molecule has 1 aromatic carbocycles. The molecule has 6 atom stereocenters. The van der Waals surface area contributed by atoms with Crippen molar-refractivity contribution >= 4 is 12.0 Å². The summed E-state index contributed by atoms with van der Waals surface area (Å²) in [6.07, 6.45) is 11.9. The molecule has 3 fully saturated rings. The van der Waals surface area contributed by atoms with E-state index in [1.54, 1.807) is 35.6 Å². The van der Waals surface area contributed by atoms with Crippen LogP contribution in [0.4, 0.5) is 0 Å². The number of rotatable bonds is 6. The van der Waals surface area contributed by atoms with Gasteiger partial charge >= 0.3 is 0 Å². The van der Waals surface area contributed by atoms with Crippen molar-refractivity contribution in [3.8, 4) is 11.5 Å². The van der Waals surface area contributed by atoms with Gasteiger partial charge in [0.05, 0.1) is 18.6 Å². The number of amides is 1. The Kier molecular flexibility index (Phi) is 4.75. The van der Waals surface area contributed by atoms with Crippen LogP contribution in [0.3, 0.4) is 0 Å². The smallest absolute Gasteiger partial charge is 0.246 e. The van der Waals surface area contributed by atoms with E-state index in [4.69, 9.17) is 9.15 Å². The molecule has 2 bridgehead atoms. The summed E-state index contributed by atoms with van der Waals surface area (Å²) in [5.41, 5.74) is 2.62. The summed E-state index contributed by atoms with van der Waals surface area (Å²) in [5, 5.41) is 26.0. The van der Waals surface area contributed by atoms with Crippen molar-refractivity contribution in [1.29, 1.82) is 0 Å². The standard InChI is InChI=1S/C29H33N2O5/c1-28-13-19-6-9-22(32)25-24(19)29(16-28)20(26(28)31(34)14-17-3-4-17)7-8-21(27(29)36-25)30(2)23(33)10-5-18-11-12-35-15-18/h5-6,9-12,15,17,20-21,26-27,32H,3-4,7-8,13-14,16H2,1-2H3/q-1/b10-5+/t20?,21-,26?,27?,28?,29+/m0/s1. The van der Waals surface area contributed by atoms with Crippen LogP contribution in [0.2, 0.25) is 0 Å². The number of phenols is 1. The maximum absolute atomic E-state index is 13.7. The van der Waals surface area contributed by atoms with Crippen LogP contribution in [-0.4, -0.2) is 52.8 Å². The monoisotopic (exact) mass is 489 g/mol. The maximum atomic E-state index is 13.7. The molecule has 0 saturated heterocycles. The zero-order valence-electron chi connectivity index (χ0n) is 20.9. The van der Waals surface area contributed by atoms with Crippen molar-refractivity contribution < 1.29 is 19.1 Å². The van der Waals surface area contributed by atoms with Gasteiger partial charge in [-0.25, -0.2) is 0 Å². The SMILES string of the molecule is CN(C(=O)/C=C/c1ccoc1)[C@H]1CCC2C(N([O-])CC3CC3)C3(C)Cc4ccc(O)c5c4[C@]2(C3)C1O5. The lowest BCUT2D eigenvalue weighted by atomic mass is 9.58. The summed E-state index contributed by atoms with van der Waals surface area (Å²) in [6.45, 7) is 2.90. The lowest BCUT2D eigenvalue weighted by Crippen LogP contribution is -2.60. The van der Waals surface area contributed by atoms with Crippen molar-refractivity contribution in [1.82, 2.24) is 9.96 Å². The number of likely N-dealkylation sites (N-methyl/N-ethyl adjacent to an activating group) is 1. The van der Waals surface area contributed by atoms with Crippen molar-refractivity contribution in [2.24, 2.45) is 17.3 Å². The summed E-state index contributed by atoms with van der Waals surface area (Å²) < 4.78 is 11.8. The summed E-state index contributed by atoms with van der Waals surface area (Å²) in [7, 11) is 1.85. The van der Waals surface area contributed by atoms with Gasteiger partial charge in [0, 0.05) is 35.7 Å². The van der Waals surface area contributed by atoms with E-state index in [9.17, 15) is 15.1 Å². The summed E-state index contributed by atoms with van der Waals surface area (Å²) in [5.74, 6) is 1.32. The third-order valence-electron chi connectivity index (χ3n) is 9.86. The minimum atomic E-state index is -0.362. The summed E-state index contributed by atoms with van der Waals surface area (Å²) in [4.78, 5) is 15.0. The Morgan fingerprint density at radius 3 is 2.83 bits per heavy atom. The predicted molar refractivity (Wildman–Crippen MR) is 134 cm³/mol. The molecule has 1 aromatic heterocycles. The van der Waals surface area contributed by atoms with Crippen LogP contribution in [0, 0.1) is 22.5 Å². The second-order valence-electron chi connectivity index (χ2n) is 12.1. The fourth-order valence-corrected chi connectivity index (χ4v) is 8.39. The van der Waals surface area contributed by atoms with E-state index in [0.717, 1.165) is 49.7 Å². The van der Waals surface area contributed by atoms with Crippen LogP contribution in [-0.2, 0) is 16.6 Å². The number of hydrogen-bond donors (Lipinski definition) is 1. The molecule has 1 aliphatic heterocycles. The normalized spacial score (nSPS) is 35.8. The zero-order chi connectivity index (χ0) is 24.8. The second kappa shape index (κ2) is 7.62. The van der Waals surface area contributed by atoms with Gasteiger partial charge in [0.25, 0.3) is 0 Å². The number of fused-ring (bicyclic) bond motifs is 1. The molecule has 2 heterocycles. The Labute approximate surface area is 211 Å².